The molecule has 0 spiro atoms. The molecule has 0 bridgehead atoms. The first kappa shape index (κ1) is 12.2. The number of hydrogen-bond donors (Lipinski definition) is 2. The van der Waals surface area contributed by atoms with Gasteiger partial charge in [-0.15, -0.1) is 5.10 Å². The number of carbonyl (C=O) groups excluding carboxylic acids is 1. The number of anilines is 1. The fraction of sp³-hybridized carbons (Fsp3) is 0.273. The number of carbonyl (C=O) groups is 1. The van der Waals surface area contributed by atoms with Crippen LogP contribution in [0.25, 0.3) is 5.69 Å². The van der Waals surface area contributed by atoms with Crippen molar-refractivity contribution in [1.29, 1.82) is 0 Å². The second-order valence-corrected chi connectivity index (χ2v) is 3.84. The van der Waals surface area contributed by atoms with E-state index in [2.05, 4.69) is 20.8 Å². The molecule has 0 saturated carbocycles. The number of nitrogens with zero attached hydrogens (tertiary/aromatic N) is 4. The number of aromatic nitrogens is 4. The molecule has 1 heterocycles. The van der Waals surface area contributed by atoms with Gasteiger partial charge in [0.15, 0.2) is 0 Å². The van der Waals surface area contributed by atoms with Gasteiger partial charge in [-0.2, -0.15) is 0 Å². The predicted molar refractivity (Wildman–Crippen MR) is 66.2 cm³/mol. The van der Waals surface area contributed by atoms with Crippen LogP contribution < -0.4 is 11.1 Å². The van der Waals surface area contributed by atoms with Gasteiger partial charge in [-0.25, -0.2) is 4.68 Å². The molecule has 0 saturated heterocycles. The molecule has 0 aliphatic carbocycles. The summed E-state index contributed by atoms with van der Waals surface area (Å²) in [5, 5.41) is 13.7. The normalized spacial score (nSPS) is 10.3. The Morgan fingerprint density at radius 1 is 1.50 bits per heavy atom. The van der Waals surface area contributed by atoms with Crippen molar-refractivity contribution in [2.75, 3.05) is 11.9 Å². The highest BCUT2D eigenvalue weighted by Crippen LogP contribution is 2.18. The van der Waals surface area contributed by atoms with Crippen LogP contribution in [0.1, 0.15) is 12.0 Å². The van der Waals surface area contributed by atoms with Crippen molar-refractivity contribution in [1.82, 2.24) is 20.2 Å². The molecule has 18 heavy (non-hydrogen) atoms. The summed E-state index contributed by atoms with van der Waals surface area (Å²) in [6, 6.07) is 5.60. The zero-order valence-electron chi connectivity index (χ0n) is 10.00. The third-order valence-corrected chi connectivity index (χ3v) is 2.48. The van der Waals surface area contributed by atoms with Crippen LogP contribution in [0.2, 0.25) is 0 Å². The number of amides is 1. The quantitative estimate of drug-likeness (QED) is 0.806. The molecule has 0 fully saturated rings. The lowest BCUT2D eigenvalue weighted by Crippen LogP contribution is -2.17. The van der Waals surface area contributed by atoms with Gasteiger partial charge in [0.2, 0.25) is 5.91 Å². The molecule has 1 aromatic heterocycles. The van der Waals surface area contributed by atoms with E-state index in [-0.39, 0.29) is 5.91 Å². The van der Waals surface area contributed by atoms with Gasteiger partial charge >= 0.3 is 0 Å². The van der Waals surface area contributed by atoms with E-state index in [0.29, 0.717) is 13.0 Å². The van der Waals surface area contributed by atoms with Crippen LogP contribution >= 0.6 is 0 Å². The number of rotatable bonds is 4. The SMILES string of the molecule is Cc1ccc(-n2cnnn2)cc1NC(=O)CCN. The lowest BCUT2D eigenvalue weighted by atomic mass is 10.1. The second kappa shape index (κ2) is 5.37. The van der Waals surface area contributed by atoms with Crippen molar-refractivity contribution in [3.05, 3.63) is 30.1 Å². The Morgan fingerprint density at radius 2 is 2.33 bits per heavy atom. The van der Waals surface area contributed by atoms with Crippen LogP contribution in [0.4, 0.5) is 5.69 Å². The number of tetrazole rings is 1. The molecule has 3 N–H and O–H groups in total. The topological polar surface area (TPSA) is 98.7 Å². The molecule has 2 rings (SSSR count). The van der Waals surface area contributed by atoms with Gasteiger partial charge in [-0.1, -0.05) is 6.07 Å². The van der Waals surface area contributed by atoms with E-state index in [1.54, 1.807) is 0 Å². The van der Waals surface area contributed by atoms with Gasteiger partial charge in [0.05, 0.1) is 5.69 Å². The molecule has 2 aromatic rings. The standard InChI is InChI=1S/C11H14N6O/c1-8-2-3-9(17-7-13-15-16-17)6-10(8)14-11(18)4-5-12/h2-3,6-7H,4-5,12H2,1H3,(H,14,18). The van der Waals surface area contributed by atoms with Gasteiger partial charge < -0.3 is 11.1 Å². The monoisotopic (exact) mass is 246 g/mol. The first-order valence-electron chi connectivity index (χ1n) is 5.54. The number of benzene rings is 1. The third kappa shape index (κ3) is 2.69. The van der Waals surface area contributed by atoms with Crippen molar-refractivity contribution in [2.45, 2.75) is 13.3 Å². The molecule has 0 unspecified atom stereocenters. The van der Waals surface area contributed by atoms with E-state index >= 15 is 0 Å². The van der Waals surface area contributed by atoms with Crippen LogP contribution in [0.15, 0.2) is 24.5 Å². The largest absolute Gasteiger partial charge is 0.330 e. The molecule has 0 aliphatic heterocycles. The highest BCUT2D eigenvalue weighted by molar-refractivity contribution is 5.91. The first-order chi connectivity index (χ1) is 8.70. The maximum absolute atomic E-state index is 11.5. The summed E-state index contributed by atoms with van der Waals surface area (Å²) in [6.07, 6.45) is 1.80. The van der Waals surface area contributed by atoms with Crippen LogP contribution in [0, 0.1) is 6.92 Å². The molecule has 0 atom stereocenters. The van der Waals surface area contributed by atoms with Crippen LogP contribution in [0.3, 0.4) is 0 Å². The Hall–Kier alpha value is -2.28. The second-order valence-electron chi connectivity index (χ2n) is 3.84. The molecule has 94 valence electrons. The Bertz CT molecular complexity index is 536. The molecule has 1 amide bonds. The lowest BCUT2D eigenvalue weighted by molar-refractivity contribution is -0.116. The smallest absolute Gasteiger partial charge is 0.225 e. The minimum Gasteiger partial charge on any atom is -0.330 e. The summed E-state index contributed by atoms with van der Waals surface area (Å²) in [5.41, 5.74) is 7.83. The van der Waals surface area contributed by atoms with Crippen molar-refractivity contribution in [3.8, 4) is 5.69 Å². The number of hydrogen-bond acceptors (Lipinski definition) is 5. The van der Waals surface area contributed by atoms with E-state index in [0.717, 1.165) is 16.9 Å². The zero-order chi connectivity index (χ0) is 13.0. The number of nitrogens with two attached hydrogens (primary N) is 1. The van der Waals surface area contributed by atoms with Crippen molar-refractivity contribution < 1.29 is 4.79 Å². The summed E-state index contributed by atoms with van der Waals surface area (Å²) in [7, 11) is 0. The number of nitrogens with one attached hydrogen (secondary N) is 1. The maximum Gasteiger partial charge on any atom is 0.225 e. The summed E-state index contributed by atoms with van der Waals surface area (Å²) in [6.45, 7) is 2.25. The minimum atomic E-state index is -0.102. The fourth-order valence-corrected chi connectivity index (χ4v) is 1.51. The Morgan fingerprint density at radius 3 is 3.00 bits per heavy atom. The fourth-order valence-electron chi connectivity index (χ4n) is 1.51. The van der Waals surface area contributed by atoms with Crippen molar-refractivity contribution in [3.63, 3.8) is 0 Å². The van der Waals surface area contributed by atoms with Gasteiger partial charge in [-0.3, -0.25) is 4.79 Å². The van der Waals surface area contributed by atoms with E-state index in [9.17, 15) is 4.79 Å². The van der Waals surface area contributed by atoms with E-state index in [1.165, 1.54) is 11.0 Å². The Kier molecular flexibility index (Phi) is 3.63. The molecule has 7 nitrogen and oxygen atoms in total. The minimum absolute atomic E-state index is 0.102. The lowest BCUT2D eigenvalue weighted by Gasteiger charge is -2.09. The highest BCUT2D eigenvalue weighted by Gasteiger charge is 2.06. The van der Waals surface area contributed by atoms with Crippen molar-refractivity contribution in [2.24, 2.45) is 5.73 Å². The molecule has 7 heteroatoms. The molecule has 1 aromatic carbocycles. The van der Waals surface area contributed by atoms with Crippen LogP contribution in [0.5, 0.6) is 0 Å². The summed E-state index contributed by atoms with van der Waals surface area (Å²) < 4.78 is 1.53. The van der Waals surface area contributed by atoms with Crippen LogP contribution in [-0.4, -0.2) is 32.7 Å². The van der Waals surface area contributed by atoms with Crippen LogP contribution in [-0.2, 0) is 4.79 Å². The van der Waals surface area contributed by atoms with Gasteiger partial charge in [0, 0.05) is 18.7 Å². The Balaban J connectivity index is 2.24. The van der Waals surface area contributed by atoms with Crippen molar-refractivity contribution >= 4 is 11.6 Å². The van der Waals surface area contributed by atoms with E-state index < -0.39 is 0 Å². The summed E-state index contributed by atoms with van der Waals surface area (Å²) in [5.74, 6) is -0.102. The molecular weight excluding hydrogens is 232 g/mol. The summed E-state index contributed by atoms with van der Waals surface area (Å²) >= 11 is 0. The third-order valence-electron chi connectivity index (χ3n) is 2.48. The van der Waals surface area contributed by atoms with Gasteiger partial charge in [0.1, 0.15) is 6.33 Å². The average molecular weight is 246 g/mol. The first-order valence-corrected chi connectivity index (χ1v) is 5.54. The van der Waals surface area contributed by atoms with Gasteiger partial charge in [-0.05, 0) is 35.0 Å². The zero-order valence-corrected chi connectivity index (χ0v) is 10.00. The van der Waals surface area contributed by atoms with E-state index in [1.807, 2.05) is 25.1 Å². The van der Waals surface area contributed by atoms with E-state index in [4.69, 9.17) is 5.73 Å². The summed E-state index contributed by atoms with van der Waals surface area (Å²) in [4.78, 5) is 11.5. The molecule has 0 radical (unpaired) electrons. The maximum atomic E-state index is 11.5. The molecular formula is C11H14N6O. The highest BCUT2D eigenvalue weighted by atomic mass is 16.1. The molecule has 0 aliphatic rings. The Labute approximate surface area is 104 Å². The van der Waals surface area contributed by atoms with Gasteiger partial charge in [0.25, 0.3) is 0 Å². The predicted octanol–water partition coefficient (Wildman–Crippen LogP) is 0.258. The number of aryl methyl sites for hydroxylation is 1. The average Bonchev–Trinajstić information content (AvgIpc) is 2.86.